The molecule has 0 saturated carbocycles. The molecule has 0 radical (unpaired) electrons. The minimum absolute atomic E-state index is 0.0165. The lowest BCUT2D eigenvalue weighted by Gasteiger charge is -2.32. The maximum absolute atomic E-state index is 12.8. The first-order chi connectivity index (χ1) is 11.3. The fourth-order valence-electron chi connectivity index (χ4n) is 2.53. The number of aliphatic hydroxyl groups is 1. The van der Waals surface area contributed by atoms with Crippen LogP contribution in [0, 0.1) is 6.92 Å². The number of amides is 1. The number of halogens is 3. The minimum Gasteiger partial charge on any atom is -0.394 e. The van der Waals surface area contributed by atoms with Crippen LogP contribution in [0.2, 0.25) is 0 Å². The minimum atomic E-state index is -4.51. The van der Waals surface area contributed by atoms with Crippen molar-refractivity contribution in [3.8, 4) is 0 Å². The second kappa shape index (κ2) is 7.96. The van der Waals surface area contributed by atoms with Crippen molar-refractivity contribution < 1.29 is 32.5 Å². The van der Waals surface area contributed by atoms with Crippen molar-refractivity contribution in [2.75, 3.05) is 26.4 Å². The lowest BCUT2D eigenvalue weighted by atomic mass is 10.0. The van der Waals surface area contributed by atoms with Crippen molar-refractivity contribution in [1.82, 2.24) is 5.32 Å². The zero-order valence-electron chi connectivity index (χ0n) is 13.2. The highest BCUT2D eigenvalue weighted by Crippen LogP contribution is 2.30. The van der Waals surface area contributed by atoms with E-state index in [1.807, 2.05) is 0 Å². The smallest absolute Gasteiger partial charge is 0.394 e. The van der Waals surface area contributed by atoms with Crippen LogP contribution < -0.4 is 5.32 Å². The number of alkyl halides is 3. The van der Waals surface area contributed by atoms with E-state index in [1.165, 1.54) is 6.07 Å². The molecule has 1 heterocycles. The van der Waals surface area contributed by atoms with E-state index in [2.05, 4.69) is 5.32 Å². The molecule has 1 aliphatic heterocycles. The van der Waals surface area contributed by atoms with Gasteiger partial charge in [-0.25, -0.2) is 0 Å². The number of ether oxygens (including phenoxy) is 2. The van der Waals surface area contributed by atoms with Crippen molar-refractivity contribution in [1.29, 1.82) is 0 Å². The molecule has 134 valence electrons. The van der Waals surface area contributed by atoms with Crippen molar-refractivity contribution >= 4 is 5.91 Å². The number of rotatable bonds is 5. The molecule has 24 heavy (non-hydrogen) atoms. The molecule has 5 nitrogen and oxygen atoms in total. The van der Waals surface area contributed by atoms with E-state index < -0.39 is 23.8 Å². The highest BCUT2D eigenvalue weighted by molar-refractivity contribution is 5.96. The second-order valence-electron chi connectivity index (χ2n) is 5.60. The average molecular weight is 347 g/mol. The molecule has 0 aliphatic carbocycles. The highest BCUT2D eigenvalue weighted by Gasteiger charge is 2.32. The Balaban J connectivity index is 2.13. The summed E-state index contributed by atoms with van der Waals surface area (Å²) in [4.78, 5) is 12.4. The van der Waals surface area contributed by atoms with Crippen LogP contribution in [0.25, 0.3) is 0 Å². The van der Waals surface area contributed by atoms with E-state index in [9.17, 15) is 18.0 Å². The molecule has 2 N–H and O–H groups in total. The summed E-state index contributed by atoms with van der Waals surface area (Å²) < 4.78 is 49.2. The standard InChI is InChI=1S/C16H20F3NO4/c1-10-2-3-11(16(17,18)19)8-12(10)15(22)20-13-4-6-23-9-14(13)24-7-5-21/h2-3,8,13-14,21H,4-7,9H2,1H3,(H,20,22)/t13-,14-/m1/s1. The summed E-state index contributed by atoms with van der Waals surface area (Å²) in [5.41, 5.74) is -0.420. The molecule has 0 unspecified atom stereocenters. The van der Waals surface area contributed by atoms with E-state index >= 15 is 0 Å². The summed E-state index contributed by atoms with van der Waals surface area (Å²) in [6.45, 7) is 2.20. The van der Waals surface area contributed by atoms with Crippen LogP contribution in [-0.4, -0.2) is 49.6 Å². The maximum Gasteiger partial charge on any atom is 0.416 e. The van der Waals surface area contributed by atoms with E-state index in [1.54, 1.807) is 6.92 Å². The van der Waals surface area contributed by atoms with Gasteiger partial charge in [-0.05, 0) is 31.0 Å². The summed E-state index contributed by atoms with van der Waals surface area (Å²) >= 11 is 0. The largest absolute Gasteiger partial charge is 0.416 e. The molecule has 0 bridgehead atoms. The summed E-state index contributed by atoms with van der Waals surface area (Å²) in [5, 5.41) is 11.5. The second-order valence-corrected chi connectivity index (χ2v) is 5.60. The van der Waals surface area contributed by atoms with Crippen LogP contribution >= 0.6 is 0 Å². The molecule has 2 atom stereocenters. The number of carbonyl (C=O) groups excluding carboxylic acids is 1. The third-order valence-electron chi connectivity index (χ3n) is 3.85. The summed E-state index contributed by atoms with van der Waals surface area (Å²) in [7, 11) is 0. The lowest BCUT2D eigenvalue weighted by Crippen LogP contribution is -2.50. The average Bonchev–Trinajstić information content (AvgIpc) is 2.53. The Bertz CT molecular complexity index is 577. The van der Waals surface area contributed by atoms with Gasteiger partial charge in [-0.3, -0.25) is 4.79 Å². The normalized spacial score (nSPS) is 21.5. The zero-order valence-corrected chi connectivity index (χ0v) is 13.2. The molecule has 0 spiro atoms. The van der Waals surface area contributed by atoms with Gasteiger partial charge in [-0.1, -0.05) is 6.07 Å². The van der Waals surface area contributed by atoms with Crippen molar-refractivity contribution in [2.24, 2.45) is 0 Å². The van der Waals surface area contributed by atoms with E-state index in [4.69, 9.17) is 14.6 Å². The van der Waals surface area contributed by atoms with Crippen LogP contribution in [0.4, 0.5) is 13.2 Å². The Morgan fingerprint density at radius 3 is 2.88 bits per heavy atom. The Kier molecular flexibility index (Phi) is 6.20. The van der Waals surface area contributed by atoms with Gasteiger partial charge in [0.1, 0.15) is 6.10 Å². The summed E-state index contributed by atoms with van der Waals surface area (Å²) in [5.74, 6) is -0.580. The first-order valence-electron chi connectivity index (χ1n) is 7.62. The van der Waals surface area contributed by atoms with Gasteiger partial charge in [-0.15, -0.1) is 0 Å². The number of hydrogen-bond acceptors (Lipinski definition) is 4. The number of nitrogens with one attached hydrogen (secondary N) is 1. The monoisotopic (exact) mass is 347 g/mol. The molecule has 1 amide bonds. The van der Waals surface area contributed by atoms with Gasteiger partial charge >= 0.3 is 6.18 Å². The van der Waals surface area contributed by atoms with E-state index in [0.29, 0.717) is 18.6 Å². The Labute approximate surface area is 137 Å². The first-order valence-corrected chi connectivity index (χ1v) is 7.62. The van der Waals surface area contributed by atoms with Crippen molar-refractivity contribution in [2.45, 2.75) is 31.7 Å². The molecule has 1 saturated heterocycles. The number of aryl methyl sites for hydroxylation is 1. The first kappa shape index (κ1) is 18.7. The SMILES string of the molecule is Cc1ccc(C(F)(F)F)cc1C(=O)N[C@@H]1CCOC[C@H]1OCCO. The van der Waals surface area contributed by atoms with Crippen LogP contribution in [0.3, 0.4) is 0 Å². The van der Waals surface area contributed by atoms with Gasteiger partial charge in [0, 0.05) is 12.2 Å². The van der Waals surface area contributed by atoms with E-state index in [0.717, 1.165) is 12.1 Å². The highest BCUT2D eigenvalue weighted by atomic mass is 19.4. The molecule has 1 aromatic carbocycles. The number of hydrogen-bond donors (Lipinski definition) is 2. The molecule has 1 aromatic rings. The fraction of sp³-hybridized carbons (Fsp3) is 0.562. The maximum atomic E-state index is 12.8. The van der Waals surface area contributed by atoms with Crippen molar-refractivity contribution in [3.63, 3.8) is 0 Å². The van der Waals surface area contributed by atoms with Crippen LogP contribution in [-0.2, 0) is 15.7 Å². The third kappa shape index (κ3) is 4.68. The summed E-state index contributed by atoms with van der Waals surface area (Å²) in [6, 6.07) is 2.70. The zero-order chi connectivity index (χ0) is 17.7. The molecule has 0 aromatic heterocycles. The van der Waals surface area contributed by atoms with Gasteiger partial charge in [0.2, 0.25) is 0 Å². The van der Waals surface area contributed by atoms with Crippen LogP contribution in [0.5, 0.6) is 0 Å². The van der Waals surface area contributed by atoms with E-state index in [-0.39, 0.29) is 31.4 Å². The molecule has 8 heteroatoms. The number of carbonyl (C=O) groups is 1. The van der Waals surface area contributed by atoms with Crippen LogP contribution in [0.15, 0.2) is 18.2 Å². The molecular formula is C16H20F3NO4. The quantitative estimate of drug-likeness (QED) is 0.854. The lowest BCUT2D eigenvalue weighted by molar-refractivity contribution is -0.137. The third-order valence-corrected chi connectivity index (χ3v) is 3.85. The predicted molar refractivity (Wildman–Crippen MR) is 79.7 cm³/mol. The molecule has 1 aliphatic rings. The topological polar surface area (TPSA) is 67.8 Å². The molecule has 2 rings (SSSR count). The van der Waals surface area contributed by atoms with Gasteiger partial charge in [0.25, 0.3) is 5.91 Å². The fourth-order valence-corrected chi connectivity index (χ4v) is 2.53. The van der Waals surface area contributed by atoms with Gasteiger partial charge in [0.15, 0.2) is 0 Å². The molecular weight excluding hydrogens is 327 g/mol. The number of aliphatic hydroxyl groups excluding tert-OH is 1. The predicted octanol–water partition coefficient (Wildman–Crippen LogP) is 1.91. The van der Waals surface area contributed by atoms with Crippen LogP contribution in [0.1, 0.15) is 27.9 Å². The van der Waals surface area contributed by atoms with Gasteiger partial charge in [0.05, 0.1) is 31.4 Å². The Hall–Kier alpha value is -1.64. The van der Waals surface area contributed by atoms with Gasteiger partial charge in [-0.2, -0.15) is 13.2 Å². The molecule has 1 fully saturated rings. The number of benzene rings is 1. The van der Waals surface area contributed by atoms with Gasteiger partial charge < -0.3 is 19.9 Å². The Morgan fingerprint density at radius 2 is 2.21 bits per heavy atom. The summed E-state index contributed by atoms with van der Waals surface area (Å²) in [6.07, 6.45) is -4.46. The van der Waals surface area contributed by atoms with Crippen molar-refractivity contribution in [3.05, 3.63) is 34.9 Å². The Morgan fingerprint density at radius 1 is 1.46 bits per heavy atom.